The average molecular weight is 561 g/mol. The number of nitrogens with one attached hydrogen (secondary N) is 2. The predicted octanol–water partition coefficient (Wildman–Crippen LogP) is 3.73. The molecule has 1 aliphatic carbocycles. The van der Waals surface area contributed by atoms with E-state index in [1.54, 1.807) is 37.1 Å². The number of nitrogens with two attached hydrogens (primary N) is 1. The molecule has 0 unspecified atom stereocenters. The number of hydrogen-bond acceptors (Lipinski definition) is 6. The van der Waals surface area contributed by atoms with Gasteiger partial charge in [-0.25, -0.2) is 4.99 Å². The molecular weight excluding hydrogens is 520 g/mol. The van der Waals surface area contributed by atoms with Crippen molar-refractivity contribution in [3.05, 3.63) is 65.9 Å². The molecule has 1 heterocycles. The van der Waals surface area contributed by atoms with Gasteiger partial charge in [0.1, 0.15) is 6.04 Å². The Balaban J connectivity index is 1.41. The zero-order chi connectivity index (χ0) is 29.2. The Morgan fingerprint density at radius 3 is 2.54 bits per heavy atom. The number of methoxy groups -OCH3 is 2. The van der Waals surface area contributed by atoms with Gasteiger partial charge in [-0.15, -0.1) is 0 Å². The number of carbonyl (C=O) groups excluding carboxylic acids is 2. The number of aliphatic imine (C=N–C) groups is 1. The van der Waals surface area contributed by atoms with Crippen molar-refractivity contribution < 1.29 is 19.1 Å². The fraction of sp³-hybridized carbons (Fsp3) is 0.419. The molecule has 1 aromatic heterocycles. The van der Waals surface area contributed by atoms with Gasteiger partial charge in [0.2, 0.25) is 11.8 Å². The number of nitrogens with zero attached hydrogens (tertiary/aromatic N) is 3. The Bertz CT molecular complexity index is 1360. The second-order valence-corrected chi connectivity index (χ2v) is 10.5. The van der Waals surface area contributed by atoms with Gasteiger partial charge in [-0.2, -0.15) is 5.10 Å². The molecule has 1 atom stereocenters. The highest BCUT2D eigenvalue weighted by molar-refractivity contribution is 5.98. The van der Waals surface area contributed by atoms with Gasteiger partial charge >= 0.3 is 0 Å². The van der Waals surface area contributed by atoms with Crippen molar-refractivity contribution in [1.82, 2.24) is 20.4 Å². The molecule has 2 aromatic carbocycles. The number of benzene rings is 2. The maximum Gasteiger partial charge on any atom is 0.245 e. The summed E-state index contributed by atoms with van der Waals surface area (Å²) in [5, 5.41) is 10.1. The SMILES string of the molecule is COc1ccc(CC(=O)NC(N)=N[C@H](CC2CCCCC2)C(=O)NCc2cccc(-c3ccn(C)n3)c2)cc1OC. The molecule has 1 saturated carbocycles. The van der Waals surface area contributed by atoms with Gasteiger partial charge in [0.05, 0.1) is 26.3 Å². The van der Waals surface area contributed by atoms with Gasteiger partial charge in [-0.1, -0.05) is 56.4 Å². The van der Waals surface area contributed by atoms with Crippen molar-refractivity contribution in [3.63, 3.8) is 0 Å². The second-order valence-electron chi connectivity index (χ2n) is 10.5. The Labute approximate surface area is 241 Å². The van der Waals surface area contributed by atoms with E-state index >= 15 is 0 Å². The molecule has 0 bridgehead atoms. The van der Waals surface area contributed by atoms with E-state index in [-0.39, 0.29) is 24.2 Å². The summed E-state index contributed by atoms with van der Waals surface area (Å²) in [7, 11) is 4.98. The Kier molecular flexibility index (Phi) is 10.4. The van der Waals surface area contributed by atoms with Crippen LogP contribution in [0.2, 0.25) is 0 Å². The van der Waals surface area contributed by atoms with Crippen molar-refractivity contribution in [2.24, 2.45) is 23.7 Å². The third kappa shape index (κ3) is 8.57. The summed E-state index contributed by atoms with van der Waals surface area (Å²) in [5.41, 5.74) is 9.70. The lowest BCUT2D eigenvalue weighted by atomic mass is 9.84. The van der Waals surface area contributed by atoms with Crippen LogP contribution in [-0.4, -0.2) is 47.8 Å². The number of ether oxygens (including phenoxy) is 2. The molecule has 0 saturated heterocycles. The quantitative estimate of drug-likeness (QED) is 0.242. The molecule has 0 aliphatic heterocycles. The third-order valence-electron chi connectivity index (χ3n) is 7.36. The van der Waals surface area contributed by atoms with E-state index in [9.17, 15) is 9.59 Å². The zero-order valence-corrected chi connectivity index (χ0v) is 24.1. The summed E-state index contributed by atoms with van der Waals surface area (Å²) in [5.74, 6) is 0.902. The highest BCUT2D eigenvalue weighted by Gasteiger charge is 2.25. The van der Waals surface area contributed by atoms with Crippen LogP contribution in [0.1, 0.15) is 49.7 Å². The number of carbonyl (C=O) groups is 2. The maximum absolute atomic E-state index is 13.4. The molecular formula is C31H40N6O4. The first-order valence-electron chi connectivity index (χ1n) is 14.0. The molecule has 1 aliphatic rings. The zero-order valence-electron chi connectivity index (χ0n) is 24.1. The van der Waals surface area contributed by atoms with Crippen LogP contribution in [0.5, 0.6) is 11.5 Å². The maximum atomic E-state index is 13.4. The summed E-state index contributed by atoms with van der Waals surface area (Å²) >= 11 is 0. The molecule has 218 valence electrons. The first kappa shape index (κ1) is 29.6. The van der Waals surface area contributed by atoms with E-state index in [0.717, 1.165) is 48.1 Å². The molecule has 4 rings (SSSR count). The van der Waals surface area contributed by atoms with Crippen LogP contribution in [0.3, 0.4) is 0 Å². The summed E-state index contributed by atoms with van der Waals surface area (Å²) in [4.78, 5) is 30.6. The Hall–Kier alpha value is -4.34. The smallest absolute Gasteiger partial charge is 0.245 e. The standard InChI is InChI=1S/C31H40N6O4/c1-37-15-14-25(36-37)24-11-7-10-23(16-24)20-33-30(39)26(17-21-8-5-4-6-9-21)34-31(32)35-29(38)19-22-12-13-27(40-2)28(18-22)41-3/h7,10-16,18,21,26H,4-6,8-9,17,19-20H2,1-3H3,(H,33,39)(H3,32,34,35,38)/t26-/m1/s1. The monoisotopic (exact) mass is 560 g/mol. The largest absolute Gasteiger partial charge is 0.493 e. The lowest BCUT2D eigenvalue weighted by molar-refractivity contribution is -0.123. The molecule has 0 radical (unpaired) electrons. The lowest BCUT2D eigenvalue weighted by Gasteiger charge is -2.24. The summed E-state index contributed by atoms with van der Waals surface area (Å²) < 4.78 is 12.3. The minimum absolute atomic E-state index is 0.0661. The fourth-order valence-electron chi connectivity index (χ4n) is 5.24. The van der Waals surface area contributed by atoms with Crippen LogP contribution in [0.4, 0.5) is 0 Å². The van der Waals surface area contributed by atoms with Gasteiger partial charge in [0, 0.05) is 25.4 Å². The van der Waals surface area contributed by atoms with Gasteiger partial charge in [0.15, 0.2) is 17.5 Å². The van der Waals surface area contributed by atoms with Crippen molar-refractivity contribution in [3.8, 4) is 22.8 Å². The third-order valence-corrected chi connectivity index (χ3v) is 7.36. The topological polar surface area (TPSA) is 133 Å². The van der Waals surface area contributed by atoms with E-state index in [1.807, 2.05) is 43.6 Å². The normalized spacial score (nSPS) is 14.8. The van der Waals surface area contributed by atoms with Crippen molar-refractivity contribution in [2.45, 2.75) is 57.5 Å². The first-order chi connectivity index (χ1) is 19.8. The van der Waals surface area contributed by atoms with Crippen LogP contribution in [0.15, 0.2) is 59.7 Å². The molecule has 3 aromatic rings. The van der Waals surface area contributed by atoms with Crippen LogP contribution in [0.25, 0.3) is 11.3 Å². The molecule has 10 nitrogen and oxygen atoms in total. The van der Waals surface area contributed by atoms with E-state index in [2.05, 4.69) is 20.7 Å². The minimum atomic E-state index is -0.696. The van der Waals surface area contributed by atoms with Gasteiger partial charge in [0.25, 0.3) is 0 Å². The average Bonchev–Trinajstić information content (AvgIpc) is 3.42. The van der Waals surface area contributed by atoms with E-state index in [1.165, 1.54) is 6.42 Å². The van der Waals surface area contributed by atoms with Crippen molar-refractivity contribution >= 4 is 17.8 Å². The number of aromatic nitrogens is 2. The molecule has 4 N–H and O–H groups in total. The number of rotatable bonds is 11. The van der Waals surface area contributed by atoms with E-state index in [4.69, 9.17) is 15.2 Å². The Morgan fingerprint density at radius 1 is 1.05 bits per heavy atom. The van der Waals surface area contributed by atoms with Crippen LogP contribution >= 0.6 is 0 Å². The van der Waals surface area contributed by atoms with Crippen LogP contribution in [0, 0.1) is 5.92 Å². The van der Waals surface area contributed by atoms with Crippen molar-refractivity contribution in [1.29, 1.82) is 0 Å². The minimum Gasteiger partial charge on any atom is -0.493 e. The van der Waals surface area contributed by atoms with Crippen LogP contribution < -0.4 is 25.8 Å². The van der Waals surface area contributed by atoms with E-state index in [0.29, 0.717) is 30.4 Å². The predicted molar refractivity (Wildman–Crippen MR) is 158 cm³/mol. The summed E-state index contributed by atoms with van der Waals surface area (Å²) in [6.07, 6.45) is 8.22. The van der Waals surface area contributed by atoms with Gasteiger partial charge in [-0.3, -0.25) is 19.6 Å². The lowest BCUT2D eigenvalue weighted by Crippen LogP contribution is -2.42. The number of guanidine groups is 1. The van der Waals surface area contributed by atoms with Gasteiger partial charge in [-0.05, 0) is 47.7 Å². The molecule has 1 fully saturated rings. The fourth-order valence-corrected chi connectivity index (χ4v) is 5.24. The molecule has 41 heavy (non-hydrogen) atoms. The van der Waals surface area contributed by atoms with E-state index < -0.39 is 6.04 Å². The van der Waals surface area contributed by atoms with Crippen LogP contribution in [-0.2, 0) is 29.6 Å². The summed E-state index contributed by atoms with van der Waals surface area (Å²) in [6, 6.07) is 14.5. The number of amides is 2. The number of aryl methyl sites for hydroxylation is 1. The summed E-state index contributed by atoms with van der Waals surface area (Å²) in [6.45, 7) is 0.349. The Morgan fingerprint density at radius 2 is 1.83 bits per heavy atom. The molecule has 10 heteroatoms. The van der Waals surface area contributed by atoms with Gasteiger partial charge < -0.3 is 20.5 Å². The van der Waals surface area contributed by atoms with Crippen molar-refractivity contribution in [2.75, 3.05) is 14.2 Å². The number of hydrogen-bond donors (Lipinski definition) is 3. The first-order valence-corrected chi connectivity index (χ1v) is 14.0. The molecule has 2 amide bonds. The highest BCUT2D eigenvalue weighted by atomic mass is 16.5. The molecule has 0 spiro atoms. The highest BCUT2D eigenvalue weighted by Crippen LogP contribution is 2.29. The second kappa shape index (κ2) is 14.3.